The summed E-state index contributed by atoms with van der Waals surface area (Å²) >= 11 is 1.88. The van der Waals surface area contributed by atoms with Gasteiger partial charge in [0.25, 0.3) is 0 Å². The summed E-state index contributed by atoms with van der Waals surface area (Å²) in [6.45, 7) is 7.64. The summed E-state index contributed by atoms with van der Waals surface area (Å²) in [5, 5.41) is 1.72. The van der Waals surface area contributed by atoms with Gasteiger partial charge in [-0.15, -0.1) is 0 Å². The highest BCUT2D eigenvalue weighted by atomic mass is 32.2. The SMILES string of the molecule is Cc1ccc(-n2cccc2[C@@H]2[C@@H](c3ccccn3)N=C3S[C@H](C)CN32)cc1C. The fraction of sp³-hybridized carbons (Fsp3) is 0.304. The Morgan fingerprint density at radius 1 is 1.04 bits per heavy atom. The second-order valence-electron chi connectivity index (χ2n) is 7.71. The number of benzene rings is 1. The normalized spacial score (nSPS) is 23.8. The summed E-state index contributed by atoms with van der Waals surface area (Å²) in [5.74, 6) is 0. The minimum atomic E-state index is 0.0244. The van der Waals surface area contributed by atoms with Crippen LogP contribution in [0.3, 0.4) is 0 Å². The number of aryl methyl sites for hydroxylation is 2. The van der Waals surface area contributed by atoms with Crippen molar-refractivity contribution in [2.75, 3.05) is 6.54 Å². The number of hydrogen-bond donors (Lipinski definition) is 0. The van der Waals surface area contributed by atoms with Crippen molar-refractivity contribution >= 4 is 16.9 Å². The first-order chi connectivity index (χ1) is 13.6. The van der Waals surface area contributed by atoms with E-state index >= 15 is 0 Å². The van der Waals surface area contributed by atoms with Gasteiger partial charge in [-0.3, -0.25) is 9.98 Å². The standard InChI is InChI=1S/C23H24N4S/c1-15-9-10-18(13-16(15)2)26-12-6-8-20(26)22-21(19-7-4-5-11-24-19)25-23-27(22)14-17(3)28-23/h4-13,17,21-22H,14H2,1-3H3/t17-,21-,22-/m1/s1. The van der Waals surface area contributed by atoms with Crippen LogP contribution < -0.4 is 0 Å². The fourth-order valence-electron chi connectivity index (χ4n) is 4.18. The predicted molar refractivity (Wildman–Crippen MR) is 116 cm³/mol. The zero-order chi connectivity index (χ0) is 19.3. The van der Waals surface area contributed by atoms with Gasteiger partial charge in [0, 0.05) is 35.6 Å². The molecule has 0 saturated carbocycles. The van der Waals surface area contributed by atoms with E-state index < -0.39 is 0 Å². The molecule has 0 unspecified atom stereocenters. The second kappa shape index (κ2) is 6.82. The van der Waals surface area contributed by atoms with E-state index in [4.69, 9.17) is 4.99 Å². The minimum Gasteiger partial charge on any atom is -0.339 e. The minimum absolute atomic E-state index is 0.0244. The Labute approximate surface area is 170 Å². The zero-order valence-electron chi connectivity index (χ0n) is 16.4. The monoisotopic (exact) mass is 388 g/mol. The maximum absolute atomic E-state index is 5.10. The molecule has 2 aliphatic rings. The molecular weight excluding hydrogens is 364 g/mol. The van der Waals surface area contributed by atoms with E-state index in [0.29, 0.717) is 5.25 Å². The number of amidine groups is 1. The van der Waals surface area contributed by atoms with E-state index in [9.17, 15) is 0 Å². The van der Waals surface area contributed by atoms with Gasteiger partial charge in [-0.1, -0.05) is 30.8 Å². The molecule has 3 atom stereocenters. The molecule has 0 bridgehead atoms. The summed E-state index contributed by atoms with van der Waals surface area (Å²) in [7, 11) is 0. The van der Waals surface area contributed by atoms with Crippen LogP contribution in [0.5, 0.6) is 0 Å². The second-order valence-corrected chi connectivity index (χ2v) is 9.11. The quantitative estimate of drug-likeness (QED) is 0.627. The molecule has 1 fully saturated rings. The number of aliphatic imine (C=N–C) groups is 1. The van der Waals surface area contributed by atoms with Gasteiger partial charge in [0.05, 0.1) is 11.7 Å². The molecular formula is C23H24N4S. The molecule has 0 aliphatic carbocycles. The van der Waals surface area contributed by atoms with Gasteiger partial charge in [0.15, 0.2) is 5.17 Å². The number of nitrogens with zero attached hydrogens (tertiary/aromatic N) is 4. The summed E-state index contributed by atoms with van der Waals surface area (Å²) in [5.41, 5.74) is 6.14. The van der Waals surface area contributed by atoms with Crippen LogP contribution in [0.4, 0.5) is 0 Å². The Morgan fingerprint density at radius 3 is 2.71 bits per heavy atom. The Kier molecular flexibility index (Phi) is 4.27. The van der Waals surface area contributed by atoms with Crippen molar-refractivity contribution < 1.29 is 0 Å². The molecule has 0 N–H and O–H groups in total. The number of fused-ring (bicyclic) bond motifs is 1. The van der Waals surface area contributed by atoms with Crippen LogP contribution in [-0.2, 0) is 0 Å². The highest BCUT2D eigenvalue weighted by Crippen LogP contribution is 2.47. The molecule has 28 heavy (non-hydrogen) atoms. The molecule has 142 valence electrons. The van der Waals surface area contributed by atoms with Gasteiger partial charge in [-0.05, 0) is 61.4 Å². The van der Waals surface area contributed by atoms with Gasteiger partial charge in [-0.25, -0.2) is 0 Å². The van der Waals surface area contributed by atoms with Crippen molar-refractivity contribution in [3.63, 3.8) is 0 Å². The molecule has 4 nitrogen and oxygen atoms in total. The van der Waals surface area contributed by atoms with Crippen LogP contribution in [0.1, 0.15) is 41.5 Å². The molecule has 4 heterocycles. The summed E-state index contributed by atoms with van der Waals surface area (Å²) < 4.78 is 2.32. The Morgan fingerprint density at radius 2 is 1.93 bits per heavy atom. The number of rotatable bonds is 3. The smallest absolute Gasteiger partial charge is 0.160 e. The topological polar surface area (TPSA) is 33.4 Å². The fourth-order valence-corrected chi connectivity index (χ4v) is 5.28. The lowest BCUT2D eigenvalue weighted by Crippen LogP contribution is -2.30. The van der Waals surface area contributed by atoms with Crippen molar-refractivity contribution in [1.29, 1.82) is 0 Å². The number of hydrogen-bond acceptors (Lipinski definition) is 4. The van der Waals surface area contributed by atoms with E-state index in [0.717, 1.165) is 17.4 Å². The van der Waals surface area contributed by atoms with Crippen LogP contribution in [0.25, 0.3) is 5.69 Å². The van der Waals surface area contributed by atoms with Crippen LogP contribution in [0.15, 0.2) is 65.9 Å². The molecule has 0 radical (unpaired) electrons. The average Bonchev–Trinajstić information content (AvgIpc) is 3.38. The van der Waals surface area contributed by atoms with Gasteiger partial charge in [-0.2, -0.15) is 0 Å². The van der Waals surface area contributed by atoms with Gasteiger partial charge in [0.1, 0.15) is 6.04 Å². The molecule has 5 heteroatoms. The average molecular weight is 389 g/mol. The predicted octanol–water partition coefficient (Wildman–Crippen LogP) is 5.08. The van der Waals surface area contributed by atoms with Crippen molar-refractivity contribution in [2.24, 2.45) is 4.99 Å². The van der Waals surface area contributed by atoms with E-state index in [-0.39, 0.29) is 12.1 Å². The molecule has 2 aromatic heterocycles. The molecule has 5 rings (SSSR count). The lowest BCUT2D eigenvalue weighted by molar-refractivity contribution is 0.312. The van der Waals surface area contributed by atoms with Gasteiger partial charge in [0.2, 0.25) is 0 Å². The van der Waals surface area contributed by atoms with E-state index in [2.05, 4.69) is 83.9 Å². The molecule has 1 saturated heterocycles. The Bertz CT molecular complexity index is 1040. The van der Waals surface area contributed by atoms with Crippen LogP contribution >= 0.6 is 11.8 Å². The first-order valence-electron chi connectivity index (χ1n) is 9.79. The van der Waals surface area contributed by atoms with E-state index in [1.165, 1.54) is 22.5 Å². The third-order valence-electron chi connectivity index (χ3n) is 5.73. The Hall–Kier alpha value is -2.53. The van der Waals surface area contributed by atoms with Gasteiger partial charge < -0.3 is 9.47 Å². The zero-order valence-corrected chi connectivity index (χ0v) is 17.2. The molecule has 0 spiro atoms. The maximum Gasteiger partial charge on any atom is 0.160 e. The number of pyridine rings is 1. The summed E-state index contributed by atoms with van der Waals surface area (Å²) in [6, 6.07) is 17.4. The molecule has 0 amide bonds. The summed E-state index contributed by atoms with van der Waals surface area (Å²) in [4.78, 5) is 12.2. The number of thioether (sulfide) groups is 1. The van der Waals surface area contributed by atoms with E-state index in [1.807, 2.05) is 24.0 Å². The van der Waals surface area contributed by atoms with E-state index in [1.54, 1.807) is 0 Å². The largest absolute Gasteiger partial charge is 0.339 e. The van der Waals surface area contributed by atoms with Crippen LogP contribution in [0, 0.1) is 13.8 Å². The molecule has 2 aliphatic heterocycles. The highest BCUT2D eigenvalue weighted by molar-refractivity contribution is 8.14. The van der Waals surface area contributed by atoms with Crippen LogP contribution in [-0.4, -0.2) is 31.4 Å². The first kappa shape index (κ1) is 17.6. The highest BCUT2D eigenvalue weighted by Gasteiger charge is 2.44. The molecule has 3 aromatic rings. The lowest BCUT2D eigenvalue weighted by atomic mass is 10.0. The Balaban J connectivity index is 1.61. The van der Waals surface area contributed by atoms with Crippen molar-refractivity contribution in [2.45, 2.75) is 38.1 Å². The van der Waals surface area contributed by atoms with Crippen molar-refractivity contribution in [3.05, 3.63) is 83.4 Å². The molecule has 1 aromatic carbocycles. The van der Waals surface area contributed by atoms with Crippen LogP contribution in [0.2, 0.25) is 0 Å². The summed E-state index contributed by atoms with van der Waals surface area (Å²) in [6.07, 6.45) is 4.04. The number of aromatic nitrogens is 2. The third-order valence-corrected chi connectivity index (χ3v) is 6.84. The van der Waals surface area contributed by atoms with Crippen molar-refractivity contribution in [1.82, 2.24) is 14.5 Å². The van der Waals surface area contributed by atoms with Crippen molar-refractivity contribution in [3.8, 4) is 5.69 Å². The lowest BCUT2D eigenvalue weighted by Gasteiger charge is -2.28. The maximum atomic E-state index is 5.10. The first-order valence-corrected chi connectivity index (χ1v) is 10.7. The third kappa shape index (κ3) is 2.85. The van der Waals surface area contributed by atoms with Gasteiger partial charge >= 0.3 is 0 Å².